The third-order valence-corrected chi connectivity index (χ3v) is 8.94. The van der Waals surface area contributed by atoms with Gasteiger partial charge in [0.2, 0.25) is 5.91 Å². The lowest BCUT2D eigenvalue weighted by Gasteiger charge is -2.49. The normalized spacial score (nSPS) is 19.8. The highest BCUT2D eigenvalue weighted by molar-refractivity contribution is 8.00. The summed E-state index contributed by atoms with van der Waals surface area (Å²) in [5.41, 5.74) is 10.2. The van der Waals surface area contributed by atoms with E-state index in [1.807, 2.05) is 0 Å². The van der Waals surface area contributed by atoms with Crippen LogP contribution in [0.15, 0.2) is 35.5 Å². The summed E-state index contributed by atoms with van der Waals surface area (Å²) in [6, 6.07) is -0.161. The average Bonchev–Trinajstić information content (AvgIpc) is 3.08. The zero-order valence-electron chi connectivity index (χ0n) is 26.2. The summed E-state index contributed by atoms with van der Waals surface area (Å²) in [7, 11) is 0. The number of nitrogens with one attached hydrogen (secondary N) is 3. The third-order valence-electron chi connectivity index (χ3n) is 7.60. The van der Waals surface area contributed by atoms with E-state index in [1.165, 1.54) is 29.2 Å². The Balaban J connectivity index is 1.53. The second-order valence-electron chi connectivity index (χ2n) is 10.8. The molecule has 1 aromatic carbocycles. The second-order valence-corrected chi connectivity index (χ2v) is 11.9. The maximum absolute atomic E-state index is 13.7. The molecule has 3 aliphatic heterocycles. The molecule has 0 unspecified atom stereocenters. The van der Waals surface area contributed by atoms with Crippen molar-refractivity contribution < 1.29 is 62.8 Å². The molecule has 0 aliphatic carbocycles. The number of carbonyl (C=O) groups excluding carboxylic acids is 7. The molecule has 1 aromatic rings. The first-order valence-electron chi connectivity index (χ1n) is 14.7. The van der Waals surface area contributed by atoms with E-state index < -0.39 is 96.2 Å². The van der Waals surface area contributed by atoms with Gasteiger partial charge in [-0.25, -0.2) is 19.2 Å². The van der Waals surface area contributed by atoms with Gasteiger partial charge in [0, 0.05) is 36.6 Å². The van der Waals surface area contributed by atoms with Crippen LogP contribution in [-0.2, 0) is 38.2 Å². The number of fused-ring (bicyclic) bond motifs is 1. The Labute approximate surface area is 286 Å². The number of piperazine rings is 1. The molecule has 4 rings (SSSR count). The molecule has 22 heteroatoms. The first-order valence-corrected chi connectivity index (χ1v) is 15.7. The first kappa shape index (κ1) is 36.9. The van der Waals surface area contributed by atoms with Gasteiger partial charge in [0.15, 0.2) is 0 Å². The first-order chi connectivity index (χ1) is 23.6. The van der Waals surface area contributed by atoms with Crippen LogP contribution < -0.4 is 27.4 Å². The average molecular weight is 721 g/mol. The Hall–Kier alpha value is -5.90. The number of amides is 8. The van der Waals surface area contributed by atoms with E-state index in [-0.39, 0.29) is 42.2 Å². The van der Waals surface area contributed by atoms with Crippen LogP contribution in [0.3, 0.4) is 0 Å². The van der Waals surface area contributed by atoms with Crippen molar-refractivity contribution in [3.8, 4) is 0 Å². The summed E-state index contributed by atoms with van der Waals surface area (Å²) in [6.07, 6.45) is -2.19. The summed E-state index contributed by atoms with van der Waals surface area (Å²) in [6.45, 7) is 0.673. The number of aliphatic carboxylic acids is 2. The standard InChI is InChI=1S/C28H32N8O13S/c1-2-34-7-8-35(22(40)21(34)39)27(46)33-16(12-3-5-14(6-4-12)31-28(47)49-10-15(29)24(41)42)19(37)32-17-20(38)36-18(25(43)44)13(9-48-26(30)45)11-50-23(17)36/h3-6,15-17,23H,2,7-11,29H2,1H3,(H2,30,45)(H,31,47)(H,32,37)(H,33,46)(H,41,42)(H,43,44)/t15-,16-,17-,23-/m1/s1. The number of carboxylic acid groups (broad SMARTS) is 2. The van der Waals surface area contributed by atoms with Crippen LogP contribution in [-0.4, -0.2) is 135 Å². The van der Waals surface area contributed by atoms with Crippen LogP contribution in [0.2, 0.25) is 0 Å². The van der Waals surface area contributed by atoms with Crippen LogP contribution in [0.4, 0.5) is 20.1 Å². The predicted molar refractivity (Wildman–Crippen MR) is 167 cm³/mol. The molecule has 2 saturated heterocycles. The van der Waals surface area contributed by atoms with E-state index in [1.54, 1.807) is 6.92 Å². The Morgan fingerprint density at radius 1 is 1.02 bits per heavy atom. The topological polar surface area (TPSA) is 310 Å². The molecule has 0 spiro atoms. The lowest BCUT2D eigenvalue weighted by Crippen LogP contribution is -2.71. The van der Waals surface area contributed by atoms with Gasteiger partial charge < -0.3 is 46.7 Å². The van der Waals surface area contributed by atoms with Gasteiger partial charge in [-0.2, -0.15) is 0 Å². The Bertz CT molecular complexity index is 1650. The number of benzene rings is 1. The highest BCUT2D eigenvalue weighted by atomic mass is 32.2. The van der Waals surface area contributed by atoms with Crippen LogP contribution in [0.1, 0.15) is 18.5 Å². The van der Waals surface area contributed by atoms with Crippen LogP contribution in [0, 0.1) is 0 Å². The molecular formula is C28H32N8O13S. The second kappa shape index (κ2) is 15.5. The number of rotatable bonds is 12. The van der Waals surface area contributed by atoms with Crippen molar-refractivity contribution in [2.45, 2.75) is 30.4 Å². The summed E-state index contributed by atoms with van der Waals surface area (Å²) < 4.78 is 9.46. The van der Waals surface area contributed by atoms with E-state index in [4.69, 9.17) is 26.0 Å². The fraction of sp³-hybridized carbons (Fsp3) is 0.393. The van der Waals surface area contributed by atoms with Crippen molar-refractivity contribution in [2.75, 3.05) is 43.9 Å². The van der Waals surface area contributed by atoms with Gasteiger partial charge in [0.1, 0.15) is 42.4 Å². The molecule has 0 radical (unpaired) electrons. The number of hydrogen-bond donors (Lipinski definition) is 7. The Morgan fingerprint density at radius 2 is 1.70 bits per heavy atom. The molecule has 21 nitrogen and oxygen atoms in total. The summed E-state index contributed by atoms with van der Waals surface area (Å²) in [4.78, 5) is 114. The van der Waals surface area contributed by atoms with E-state index in [2.05, 4.69) is 16.0 Å². The van der Waals surface area contributed by atoms with Gasteiger partial charge in [-0.05, 0) is 24.6 Å². The minimum absolute atomic E-state index is 0.00884. The molecule has 2 fully saturated rings. The predicted octanol–water partition coefficient (Wildman–Crippen LogP) is -2.08. The van der Waals surface area contributed by atoms with Crippen molar-refractivity contribution in [1.29, 1.82) is 0 Å². The minimum atomic E-state index is -1.59. The highest BCUT2D eigenvalue weighted by Crippen LogP contribution is 2.40. The summed E-state index contributed by atoms with van der Waals surface area (Å²) in [5.74, 6) is -6.66. The van der Waals surface area contributed by atoms with Gasteiger partial charge in [-0.1, -0.05) is 12.1 Å². The fourth-order valence-corrected chi connectivity index (χ4v) is 6.34. The molecule has 9 N–H and O–H groups in total. The SMILES string of the molecule is CCN1CCN(C(=O)N[C@@H](C(=O)N[C@@H]2C(=O)N3C(C(=O)O)=C(COC(N)=O)CS[C@H]23)c2ccc(NC(=O)OC[C@@H](N)C(=O)O)cc2)C(=O)C1=O. The highest BCUT2D eigenvalue weighted by Gasteiger charge is 2.54. The molecule has 0 bridgehead atoms. The van der Waals surface area contributed by atoms with Crippen molar-refractivity contribution in [2.24, 2.45) is 11.5 Å². The van der Waals surface area contributed by atoms with Gasteiger partial charge in [-0.3, -0.25) is 39.1 Å². The number of anilines is 1. The molecular weight excluding hydrogens is 688 g/mol. The number of β-lactam (4-membered cyclic amide) rings is 1. The number of nitrogens with two attached hydrogens (primary N) is 2. The van der Waals surface area contributed by atoms with Gasteiger partial charge in [0.05, 0.1) is 0 Å². The number of carboxylic acids is 2. The van der Waals surface area contributed by atoms with Crippen molar-refractivity contribution >= 4 is 71.2 Å². The fourth-order valence-electron chi connectivity index (χ4n) is 5.01. The maximum Gasteiger partial charge on any atom is 0.411 e. The molecule has 3 heterocycles. The largest absolute Gasteiger partial charge is 0.480 e. The number of ether oxygens (including phenoxy) is 2. The molecule has 268 valence electrons. The number of imide groups is 1. The van der Waals surface area contributed by atoms with E-state index >= 15 is 0 Å². The smallest absolute Gasteiger partial charge is 0.411 e. The number of likely N-dealkylation sites (N-methyl/N-ethyl adjacent to an activating group) is 1. The summed E-state index contributed by atoms with van der Waals surface area (Å²) in [5, 5.41) is 24.9. The van der Waals surface area contributed by atoms with Crippen LogP contribution in [0.25, 0.3) is 0 Å². The van der Waals surface area contributed by atoms with Crippen LogP contribution in [0.5, 0.6) is 0 Å². The number of primary amides is 1. The quantitative estimate of drug-likeness (QED) is 0.0900. The van der Waals surface area contributed by atoms with Gasteiger partial charge in [-0.15, -0.1) is 11.8 Å². The molecule has 3 aliphatic rings. The number of nitrogens with zero attached hydrogens (tertiary/aromatic N) is 3. The molecule has 0 saturated carbocycles. The maximum atomic E-state index is 13.7. The Kier molecular flexibility index (Phi) is 11.5. The number of hydrogen-bond acceptors (Lipinski definition) is 13. The van der Waals surface area contributed by atoms with Crippen molar-refractivity contribution in [3.05, 3.63) is 41.1 Å². The van der Waals surface area contributed by atoms with E-state index in [0.717, 1.165) is 16.7 Å². The number of urea groups is 1. The van der Waals surface area contributed by atoms with Crippen LogP contribution >= 0.6 is 11.8 Å². The number of thioether (sulfide) groups is 1. The Morgan fingerprint density at radius 3 is 2.30 bits per heavy atom. The van der Waals surface area contributed by atoms with Gasteiger partial charge >= 0.3 is 42.0 Å². The zero-order chi connectivity index (χ0) is 36.9. The van der Waals surface area contributed by atoms with Gasteiger partial charge in [0.25, 0.3) is 5.91 Å². The molecule has 8 amide bonds. The van der Waals surface area contributed by atoms with Crippen molar-refractivity contribution in [3.63, 3.8) is 0 Å². The van der Waals surface area contributed by atoms with E-state index in [9.17, 15) is 48.3 Å². The molecule has 50 heavy (non-hydrogen) atoms. The lowest BCUT2D eigenvalue weighted by molar-refractivity contribution is -0.153. The molecule has 0 aromatic heterocycles. The third kappa shape index (κ3) is 8.03. The monoisotopic (exact) mass is 720 g/mol. The van der Waals surface area contributed by atoms with E-state index in [0.29, 0.717) is 4.90 Å². The number of carbonyl (C=O) groups is 9. The zero-order valence-corrected chi connectivity index (χ0v) is 27.0. The summed E-state index contributed by atoms with van der Waals surface area (Å²) >= 11 is 1.07. The minimum Gasteiger partial charge on any atom is -0.480 e. The van der Waals surface area contributed by atoms with Crippen molar-refractivity contribution in [1.82, 2.24) is 25.3 Å². The lowest BCUT2D eigenvalue weighted by atomic mass is 10.0. The molecule has 4 atom stereocenters.